The maximum Gasteiger partial charge on any atom is 0.323 e. The fourth-order valence-corrected chi connectivity index (χ4v) is 3.54. The summed E-state index contributed by atoms with van der Waals surface area (Å²) >= 11 is 0. The molecular formula is C20H18N8O. The molecule has 4 aromatic rings. The zero-order valence-corrected chi connectivity index (χ0v) is 15.5. The first kappa shape index (κ1) is 17.1. The average molecular weight is 386 g/mol. The molecule has 3 heterocycles. The number of hydrogen-bond donors (Lipinski definition) is 2. The highest BCUT2D eigenvalue weighted by atomic mass is 16.2. The summed E-state index contributed by atoms with van der Waals surface area (Å²) in [6, 6.07) is 18.9. The van der Waals surface area contributed by atoms with E-state index < -0.39 is 0 Å². The molecular weight excluding hydrogens is 368 g/mol. The van der Waals surface area contributed by atoms with Crippen molar-refractivity contribution in [2.45, 2.75) is 13.0 Å². The maximum atomic E-state index is 12.4. The van der Waals surface area contributed by atoms with Gasteiger partial charge in [0.1, 0.15) is 0 Å². The van der Waals surface area contributed by atoms with Gasteiger partial charge in [-0.05, 0) is 58.3 Å². The first-order valence-electron chi connectivity index (χ1n) is 9.30. The van der Waals surface area contributed by atoms with Gasteiger partial charge in [-0.15, -0.1) is 14.8 Å². The quantitative estimate of drug-likeness (QED) is 0.562. The highest BCUT2D eigenvalue weighted by Gasteiger charge is 2.21. The highest BCUT2D eigenvalue weighted by molar-refractivity contribution is 6.00. The molecule has 9 heteroatoms. The van der Waals surface area contributed by atoms with Crippen molar-refractivity contribution in [3.63, 3.8) is 0 Å². The van der Waals surface area contributed by atoms with Crippen molar-refractivity contribution in [2.75, 3.05) is 22.1 Å². The number of nitrogens with zero attached hydrogens (tertiary/aromatic N) is 6. The summed E-state index contributed by atoms with van der Waals surface area (Å²) in [6.45, 7) is 1.48. The number of urea groups is 1. The van der Waals surface area contributed by atoms with Crippen molar-refractivity contribution in [3.05, 3.63) is 71.8 Å². The van der Waals surface area contributed by atoms with Crippen LogP contribution in [-0.4, -0.2) is 37.8 Å². The Kier molecular flexibility index (Phi) is 4.24. The Morgan fingerprint density at radius 1 is 0.966 bits per heavy atom. The van der Waals surface area contributed by atoms with E-state index in [1.165, 1.54) is 4.63 Å². The number of para-hydroxylation sites is 1. The summed E-state index contributed by atoms with van der Waals surface area (Å²) in [7, 11) is 0. The van der Waals surface area contributed by atoms with Crippen LogP contribution in [0.25, 0.3) is 5.65 Å². The second kappa shape index (κ2) is 7.19. The van der Waals surface area contributed by atoms with E-state index in [-0.39, 0.29) is 6.03 Å². The highest BCUT2D eigenvalue weighted by Crippen LogP contribution is 2.28. The summed E-state index contributed by atoms with van der Waals surface area (Å²) in [5.74, 6) is 0.815. The molecule has 0 atom stereocenters. The molecule has 9 nitrogen and oxygen atoms in total. The number of aromatic nitrogens is 5. The number of tetrazole rings is 1. The second-order valence-corrected chi connectivity index (χ2v) is 6.78. The van der Waals surface area contributed by atoms with Crippen LogP contribution in [0.2, 0.25) is 0 Å². The molecule has 0 saturated carbocycles. The molecule has 2 aromatic carbocycles. The summed E-state index contributed by atoms with van der Waals surface area (Å²) in [4.78, 5) is 14.6. The van der Waals surface area contributed by atoms with Gasteiger partial charge in [0.15, 0.2) is 11.5 Å². The van der Waals surface area contributed by atoms with Crippen molar-refractivity contribution in [1.82, 2.24) is 25.3 Å². The van der Waals surface area contributed by atoms with Gasteiger partial charge in [0, 0.05) is 24.5 Å². The number of anilines is 3. The number of rotatable bonds is 3. The lowest BCUT2D eigenvalue weighted by Crippen LogP contribution is -2.32. The number of nitrogens with one attached hydrogen (secondary N) is 2. The van der Waals surface area contributed by atoms with Gasteiger partial charge in [-0.2, -0.15) is 0 Å². The van der Waals surface area contributed by atoms with Crippen LogP contribution in [0.1, 0.15) is 11.1 Å². The molecule has 0 aliphatic carbocycles. The largest absolute Gasteiger partial charge is 0.350 e. The summed E-state index contributed by atoms with van der Waals surface area (Å²) in [5, 5.41) is 21.7. The van der Waals surface area contributed by atoms with Crippen LogP contribution in [0.5, 0.6) is 0 Å². The van der Waals surface area contributed by atoms with Crippen LogP contribution < -0.4 is 15.5 Å². The SMILES string of the molecule is O=C(Nc1ccccc1)Nc1cccc2c1CCN(c1ccc3nnnn3n1)C2. The first-order valence-corrected chi connectivity index (χ1v) is 9.30. The van der Waals surface area contributed by atoms with Crippen LogP contribution in [0.15, 0.2) is 60.7 Å². The van der Waals surface area contributed by atoms with Crippen LogP contribution in [0, 0.1) is 0 Å². The number of fused-ring (bicyclic) bond motifs is 2. The van der Waals surface area contributed by atoms with Gasteiger partial charge < -0.3 is 15.5 Å². The van der Waals surface area contributed by atoms with Gasteiger partial charge in [-0.1, -0.05) is 30.3 Å². The van der Waals surface area contributed by atoms with Crippen LogP contribution in [0.3, 0.4) is 0 Å². The third-order valence-electron chi connectivity index (χ3n) is 4.93. The van der Waals surface area contributed by atoms with Crippen molar-refractivity contribution in [2.24, 2.45) is 0 Å². The Balaban J connectivity index is 1.33. The van der Waals surface area contributed by atoms with E-state index in [0.717, 1.165) is 41.3 Å². The number of carbonyl (C=O) groups is 1. The van der Waals surface area contributed by atoms with Gasteiger partial charge in [0.25, 0.3) is 0 Å². The van der Waals surface area contributed by atoms with E-state index in [0.29, 0.717) is 12.2 Å². The molecule has 5 rings (SSSR count). The molecule has 0 radical (unpaired) electrons. The van der Waals surface area contributed by atoms with Gasteiger partial charge in [-0.3, -0.25) is 0 Å². The minimum Gasteiger partial charge on any atom is -0.350 e. The molecule has 2 aromatic heterocycles. The lowest BCUT2D eigenvalue weighted by molar-refractivity contribution is 0.262. The smallest absolute Gasteiger partial charge is 0.323 e. The number of amides is 2. The Labute approximate surface area is 166 Å². The van der Waals surface area contributed by atoms with Crippen LogP contribution in [0.4, 0.5) is 22.0 Å². The maximum absolute atomic E-state index is 12.4. The van der Waals surface area contributed by atoms with Crippen molar-refractivity contribution >= 4 is 28.9 Å². The molecule has 29 heavy (non-hydrogen) atoms. The first-order chi connectivity index (χ1) is 14.3. The number of benzene rings is 2. The summed E-state index contributed by atoms with van der Waals surface area (Å²) in [5.41, 5.74) is 4.51. The van der Waals surface area contributed by atoms with Crippen molar-refractivity contribution in [3.8, 4) is 0 Å². The molecule has 1 aliphatic rings. The van der Waals surface area contributed by atoms with Gasteiger partial charge >= 0.3 is 6.03 Å². The molecule has 0 saturated heterocycles. The Morgan fingerprint density at radius 3 is 2.76 bits per heavy atom. The lowest BCUT2D eigenvalue weighted by Gasteiger charge is -2.30. The minimum absolute atomic E-state index is 0.252. The average Bonchev–Trinajstić information content (AvgIpc) is 3.22. The minimum atomic E-state index is -0.252. The number of hydrogen-bond acceptors (Lipinski definition) is 6. The Hall–Kier alpha value is -4.01. The summed E-state index contributed by atoms with van der Waals surface area (Å²) < 4.78 is 1.43. The molecule has 0 bridgehead atoms. The zero-order chi connectivity index (χ0) is 19.6. The molecule has 1 aliphatic heterocycles. The topological polar surface area (TPSA) is 100 Å². The van der Waals surface area contributed by atoms with E-state index >= 15 is 0 Å². The molecule has 144 valence electrons. The van der Waals surface area contributed by atoms with E-state index in [1.54, 1.807) is 0 Å². The van der Waals surface area contributed by atoms with Crippen molar-refractivity contribution < 1.29 is 4.79 Å². The fourth-order valence-electron chi connectivity index (χ4n) is 3.54. The fraction of sp³-hybridized carbons (Fsp3) is 0.150. The van der Waals surface area contributed by atoms with Gasteiger partial charge in [0.05, 0.1) is 0 Å². The summed E-state index contributed by atoms with van der Waals surface area (Å²) in [6.07, 6.45) is 0.798. The monoisotopic (exact) mass is 386 g/mol. The molecule has 2 N–H and O–H groups in total. The van der Waals surface area contributed by atoms with Crippen LogP contribution >= 0.6 is 0 Å². The third-order valence-corrected chi connectivity index (χ3v) is 4.93. The predicted molar refractivity (Wildman–Crippen MR) is 109 cm³/mol. The molecule has 0 spiro atoms. The third kappa shape index (κ3) is 3.45. The molecule has 2 amide bonds. The van der Waals surface area contributed by atoms with E-state index in [2.05, 4.69) is 42.2 Å². The van der Waals surface area contributed by atoms with E-state index in [9.17, 15) is 4.79 Å². The van der Waals surface area contributed by atoms with E-state index in [1.807, 2.05) is 54.6 Å². The lowest BCUT2D eigenvalue weighted by atomic mass is 9.97. The van der Waals surface area contributed by atoms with Crippen LogP contribution in [-0.2, 0) is 13.0 Å². The second-order valence-electron chi connectivity index (χ2n) is 6.78. The van der Waals surface area contributed by atoms with Crippen molar-refractivity contribution in [1.29, 1.82) is 0 Å². The van der Waals surface area contributed by atoms with Gasteiger partial charge in [0.2, 0.25) is 0 Å². The van der Waals surface area contributed by atoms with Gasteiger partial charge in [-0.25, -0.2) is 4.79 Å². The predicted octanol–water partition coefficient (Wildman–Crippen LogP) is 2.73. The molecule has 0 unspecified atom stereocenters. The standard InChI is InChI=1S/C20H18N8O/c29-20(21-15-6-2-1-3-7-15)22-17-8-4-5-14-13-27(12-11-16(14)17)19-10-9-18-23-25-26-28(18)24-19/h1-10H,11-13H2,(H2,21,22,29). The Morgan fingerprint density at radius 2 is 1.86 bits per heavy atom. The normalized spacial score (nSPS) is 13.2. The zero-order valence-electron chi connectivity index (χ0n) is 15.5. The van der Waals surface area contributed by atoms with E-state index in [4.69, 9.17) is 0 Å². The Bertz CT molecular complexity index is 1170. The molecule has 0 fully saturated rings. The number of carbonyl (C=O) groups excluding carboxylic acids is 1.